The Bertz CT molecular complexity index is 367. The Morgan fingerprint density at radius 2 is 1.09 bits per heavy atom. The number of hydrogen-bond donors (Lipinski definition) is 0. The lowest BCUT2D eigenvalue weighted by atomic mass is 9.69. The van der Waals surface area contributed by atoms with E-state index in [0.717, 1.165) is 49.4 Å². The van der Waals surface area contributed by atoms with E-state index in [0.29, 0.717) is 0 Å². The largest absolute Gasteiger partial charge is 0.462 e. The van der Waals surface area contributed by atoms with E-state index in [1.165, 1.54) is 51.4 Å². The van der Waals surface area contributed by atoms with Crippen molar-refractivity contribution < 1.29 is 9.53 Å². The van der Waals surface area contributed by atoms with Crippen molar-refractivity contribution >= 4 is 5.97 Å². The molecule has 0 aromatic heterocycles. The molecule has 3 aliphatic carbocycles. The van der Waals surface area contributed by atoms with Crippen LogP contribution in [0.2, 0.25) is 0 Å². The van der Waals surface area contributed by atoms with Gasteiger partial charge in [0.25, 0.3) is 0 Å². The molecule has 3 rings (SSSR count). The zero-order chi connectivity index (χ0) is 16.2. The molecule has 0 radical (unpaired) electrons. The molecule has 132 valence electrons. The quantitative estimate of drug-likeness (QED) is 0.620. The molecule has 0 atom stereocenters. The van der Waals surface area contributed by atoms with Gasteiger partial charge >= 0.3 is 5.97 Å². The van der Waals surface area contributed by atoms with Crippen molar-refractivity contribution in [3.8, 4) is 0 Å². The molecule has 3 aliphatic rings. The molecule has 0 bridgehead atoms. The fourth-order valence-corrected chi connectivity index (χ4v) is 5.19. The molecule has 2 heteroatoms. The van der Waals surface area contributed by atoms with Crippen LogP contribution in [-0.2, 0) is 9.53 Å². The van der Waals surface area contributed by atoms with Crippen LogP contribution in [0.1, 0.15) is 90.9 Å². The fourth-order valence-electron chi connectivity index (χ4n) is 5.19. The van der Waals surface area contributed by atoms with Crippen LogP contribution in [0.5, 0.6) is 0 Å². The third-order valence-electron chi connectivity index (χ3n) is 7.08. The van der Waals surface area contributed by atoms with E-state index in [1.54, 1.807) is 0 Å². The number of esters is 1. The van der Waals surface area contributed by atoms with Crippen molar-refractivity contribution in [3.63, 3.8) is 0 Å². The van der Waals surface area contributed by atoms with Gasteiger partial charge in [-0.2, -0.15) is 0 Å². The number of carbonyl (C=O) groups excluding carboxylic acids is 1. The first-order valence-electron chi connectivity index (χ1n) is 10.3. The molecular weight excluding hydrogens is 284 g/mol. The van der Waals surface area contributed by atoms with Gasteiger partial charge in [-0.3, -0.25) is 4.79 Å². The number of rotatable bonds is 3. The van der Waals surface area contributed by atoms with Crippen molar-refractivity contribution in [1.29, 1.82) is 0 Å². The van der Waals surface area contributed by atoms with Crippen LogP contribution in [0.15, 0.2) is 0 Å². The molecular formula is C21H36O2. The van der Waals surface area contributed by atoms with Gasteiger partial charge in [0.15, 0.2) is 0 Å². The van der Waals surface area contributed by atoms with Crippen molar-refractivity contribution in [2.75, 3.05) is 0 Å². The Labute approximate surface area is 142 Å². The van der Waals surface area contributed by atoms with Gasteiger partial charge in [0, 0.05) is 0 Å². The van der Waals surface area contributed by atoms with Crippen molar-refractivity contribution in [2.45, 2.75) is 97.0 Å². The van der Waals surface area contributed by atoms with Crippen LogP contribution in [-0.4, -0.2) is 12.1 Å². The van der Waals surface area contributed by atoms with Crippen LogP contribution < -0.4 is 0 Å². The molecule has 0 saturated heterocycles. The summed E-state index contributed by atoms with van der Waals surface area (Å²) < 4.78 is 5.83. The molecule has 0 aromatic rings. The molecule has 3 fully saturated rings. The number of carbonyl (C=O) groups is 1. The standard InChI is InChI=1S/C21H36O2/c1-15-3-7-17(8-4-15)18-9-11-19(12-10-18)21(22)23-20-13-5-16(2)6-14-20/h15-20H,3-14H2,1-2H3. The van der Waals surface area contributed by atoms with Crippen LogP contribution in [0, 0.1) is 29.6 Å². The summed E-state index contributed by atoms with van der Waals surface area (Å²) in [6.45, 7) is 4.71. The monoisotopic (exact) mass is 320 g/mol. The lowest BCUT2D eigenvalue weighted by molar-refractivity contribution is -0.157. The van der Waals surface area contributed by atoms with E-state index in [9.17, 15) is 4.79 Å². The minimum Gasteiger partial charge on any atom is -0.462 e. The van der Waals surface area contributed by atoms with Gasteiger partial charge in [0.2, 0.25) is 0 Å². The summed E-state index contributed by atoms with van der Waals surface area (Å²) in [6, 6.07) is 0. The zero-order valence-corrected chi connectivity index (χ0v) is 15.3. The van der Waals surface area contributed by atoms with Crippen LogP contribution in [0.4, 0.5) is 0 Å². The summed E-state index contributed by atoms with van der Waals surface area (Å²) in [5.74, 6) is 3.92. The summed E-state index contributed by atoms with van der Waals surface area (Å²) in [5, 5.41) is 0. The first-order valence-corrected chi connectivity index (χ1v) is 10.3. The fraction of sp³-hybridized carbons (Fsp3) is 0.952. The van der Waals surface area contributed by atoms with Gasteiger partial charge in [-0.05, 0) is 87.9 Å². The summed E-state index contributed by atoms with van der Waals surface area (Å²) in [6.07, 6.45) is 15.2. The minimum atomic E-state index is 0.125. The minimum absolute atomic E-state index is 0.125. The van der Waals surface area contributed by atoms with Gasteiger partial charge < -0.3 is 4.74 Å². The van der Waals surface area contributed by atoms with Crippen molar-refractivity contribution in [1.82, 2.24) is 0 Å². The van der Waals surface area contributed by atoms with Crippen molar-refractivity contribution in [2.24, 2.45) is 29.6 Å². The van der Waals surface area contributed by atoms with Gasteiger partial charge in [-0.1, -0.05) is 26.7 Å². The second-order valence-corrected chi connectivity index (χ2v) is 8.95. The number of ether oxygens (including phenoxy) is 1. The van der Waals surface area contributed by atoms with Crippen LogP contribution in [0.3, 0.4) is 0 Å². The second-order valence-electron chi connectivity index (χ2n) is 8.95. The van der Waals surface area contributed by atoms with E-state index in [1.807, 2.05) is 0 Å². The van der Waals surface area contributed by atoms with Gasteiger partial charge in [0.1, 0.15) is 6.10 Å². The third kappa shape index (κ3) is 4.73. The average Bonchev–Trinajstić information content (AvgIpc) is 2.58. The molecule has 0 amide bonds. The highest BCUT2D eigenvalue weighted by Crippen LogP contribution is 2.41. The lowest BCUT2D eigenvalue weighted by Crippen LogP contribution is -2.31. The van der Waals surface area contributed by atoms with E-state index in [-0.39, 0.29) is 18.0 Å². The summed E-state index contributed by atoms with van der Waals surface area (Å²) >= 11 is 0. The van der Waals surface area contributed by atoms with E-state index < -0.39 is 0 Å². The average molecular weight is 321 g/mol. The Morgan fingerprint density at radius 1 is 0.652 bits per heavy atom. The Kier molecular flexibility index (Phi) is 6.04. The van der Waals surface area contributed by atoms with E-state index in [2.05, 4.69) is 13.8 Å². The number of hydrogen-bond acceptors (Lipinski definition) is 2. The van der Waals surface area contributed by atoms with Crippen LogP contribution >= 0.6 is 0 Å². The highest BCUT2D eigenvalue weighted by atomic mass is 16.5. The molecule has 3 saturated carbocycles. The predicted octanol–water partition coefficient (Wildman–Crippen LogP) is 5.74. The maximum absolute atomic E-state index is 12.5. The molecule has 0 spiro atoms. The Balaban J connectivity index is 1.39. The predicted molar refractivity (Wildman–Crippen MR) is 94.1 cm³/mol. The Morgan fingerprint density at radius 3 is 1.61 bits per heavy atom. The van der Waals surface area contributed by atoms with Gasteiger partial charge in [-0.15, -0.1) is 0 Å². The molecule has 2 nitrogen and oxygen atoms in total. The molecule has 23 heavy (non-hydrogen) atoms. The first kappa shape index (κ1) is 17.3. The topological polar surface area (TPSA) is 26.3 Å². The third-order valence-corrected chi connectivity index (χ3v) is 7.08. The first-order chi connectivity index (χ1) is 11.1. The smallest absolute Gasteiger partial charge is 0.309 e. The maximum atomic E-state index is 12.5. The maximum Gasteiger partial charge on any atom is 0.309 e. The van der Waals surface area contributed by atoms with Gasteiger partial charge in [0.05, 0.1) is 5.92 Å². The lowest BCUT2D eigenvalue weighted by Gasteiger charge is -2.37. The highest BCUT2D eigenvalue weighted by molar-refractivity contribution is 5.72. The van der Waals surface area contributed by atoms with E-state index >= 15 is 0 Å². The SMILES string of the molecule is CC1CCC(OC(=O)C2CCC(C3CCC(C)CC3)CC2)CC1. The molecule has 0 aliphatic heterocycles. The Hall–Kier alpha value is -0.530. The molecule has 0 N–H and O–H groups in total. The highest BCUT2D eigenvalue weighted by Gasteiger charge is 2.34. The van der Waals surface area contributed by atoms with Gasteiger partial charge in [-0.25, -0.2) is 0 Å². The molecule has 0 aromatic carbocycles. The summed E-state index contributed by atoms with van der Waals surface area (Å²) in [4.78, 5) is 12.5. The summed E-state index contributed by atoms with van der Waals surface area (Å²) in [7, 11) is 0. The zero-order valence-electron chi connectivity index (χ0n) is 15.3. The summed E-state index contributed by atoms with van der Waals surface area (Å²) in [5.41, 5.74) is 0. The van der Waals surface area contributed by atoms with Crippen LogP contribution in [0.25, 0.3) is 0 Å². The normalized spacial score (nSPS) is 42.2. The molecule has 0 unspecified atom stereocenters. The van der Waals surface area contributed by atoms with Crippen molar-refractivity contribution in [3.05, 3.63) is 0 Å². The second kappa shape index (κ2) is 8.03. The molecule has 0 heterocycles. The van der Waals surface area contributed by atoms with E-state index in [4.69, 9.17) is 4.74 Å².